The number of benzene rings is 1. The first-order valence-electron chi connectivity index (χ1n) is 7.50. The second-order valence-corrected chi connectivity index (χ2v) is 6.44. The predicted molar refractivity (Wildman–Crippen MR) is 80.2 cm³/mol. The Bertz CT molecular complexity index is 412. The van der Waals surface area contributed by atoms with Crippen molar-refractivity contribution < 1.29 is 4.74 Å². The highest BCUT2D eigenvalue weighted by atomic mass is 16.5. The number of aryl methyl sites for hydroxylation is 1. The van der Waals surface area contributed by atoms with E-state index in [1.165, 1.54) is 29.5 Å². The minimum Gasteiger partial charge on any atom is -0.372 e. The van der Waals surface area contributed by atoms with Crippen molar-refractivity contribution in [2.75, 3.05) is 13.1 Å². The Morgan fingerprint density at radius 1 is 1.21 bits per heavy atom. The molecule has 0 spiro atoms. The predicted octanol–water partition coefficient (Wildman–Crippen LogP) is 3.68. The van der Waals surface area contributed by atoms with Crippen LogP contribution in [0.5, 0.6) is 0 Å². The van der Waals surface area contributed by atoms with E-state index in [0.29, 0.717) is 5.41 Å². The van der Waals surface area contributed by atoms with Gasteiger partial charge < -0.3 is 10.1 Å². The number of nitrogens with one attached hydrogen (secondary N) is 1. The molecular weight excluding hydrogens is 234 g/mol. The molecule has 106 valence electrons. The van der Waals surface area contributed by atoms with E-state index in [1.54, 1.807) is 0 Å². The van der Waals surface area contributed by atoms with Crippen LogP contribution in [0.3, 0.4) is 0 Å². The zero-order chi connectivity index (χ0) is 13.7. The van der Waals surface area contributed by atoms with E-state index < -0.39 is 0 Å². The highest BCUT2D eigenvalue weighted by Crippen LogP contribution is 2.25. The van der Waals surface area contributed by atoms with Crippen molar-refractivity contribution in [2.45, 2.75) is 53.2 Å². The van der Waals surface area contributed by atoms with E-state index in [1.807, 2.05) is 0 Å². The summed E-state index contributed by atoms with van der Waals surface area (Å²) in [7, 11) is 0. The summed E-state index contributed by atoms with van der Waals surface area (Å²) in [5.74, 6) is 0. The van der Waals surface area contributed by atoms with Gasteiger partial charge in [0.05, 0.1) is 13.2 Å². The highest BCUT2D eigenvalue weighted by Gasteiger charge is 2.18. The van der Waals surface area contributed by atoms with Crippen molar-refractivity contribution in [3.05, 3.63) is 34.9 Å². The molecule has 1 aromatic rings. The molecule has 0 amide bonds. The highest BCUT2D eigenvalue weighted by molar-refractivity contribution is 5.33. The lowest BCUT2D eigenvalue weighted by molar-refractivity contribution is 0.134. The van der Waals surface area contributed by atoms with Gasteiger partial charge in [-0.2, -0.15) is 0 Å². The summed E-state index contributed by atoms with van der Waals surface area (Å²) in [4.78, 5) is 0. The van der Waals surface area contributed by atoms with Crippen molar-refractivity contribution in [2.24, 2.45) is 5.41 Å². The summed E-state index contributed by atoms with van der Waals surface area (Å²) in [6.07, 6.45) is 3.60. The fourth-order valence-corrected chi connectivity index (χ4v) is 2.56. The molecule has 19 heavy (non-hydrogen) atoms. The largest absolute Gasteiger partial charge is 0.372 e. The number of fused-ring (bicyclic) bond motifs is 1. The van der Waals surface area contributed by atoms with Gasteiger partial charge in [-0.25, -0.2) is 0 Å². The van der Waals surface area contributed by atoms with Crippen LogP contribution in [0.1, 0.15) is 50.3 Å². The van der Waals surface area contributed by atoms with Crippen LogP contribution in [0.25, 0.3) is 0 Å². The molecule has 0 atom stereocenters. The van der Waals surface area contributed by atoms with Crippen molar-refractivity contribution in [1.29, 1.82) is 0 Å². The Hall–Kier alpha value is -0.860. The Labute approximate surface area is 117 Å². The maximum Gasteiger partial charge on any atom is 0.0725 e. The molecule has 0 aliphatic carbocycles. The normalized spacial score (nSPS) is 14.7. The summed E-state index contributed by atoms with van der Waals surface area (Å²) in [5, 5.41) is 3.53. The molecule has 0 fully saturated rings. The molecule has 0 radical (unpaired) electrons. The summed E-state index contributed by atoms with van der Waals surface area (Å²) >= 11 is 0. The quantitative estimate of drug-likeness (QED) is 0.756. The fourth-order valence-electron chi connectivity index (χ4n) is 2.56. The molecular formula is C17H27NO. The number of rotatable bonds is 7. The van der Waals surface area contributed by atoms with Gasteiger partial charge in [0.1, 0.15) is 0 Å². The molecule has 1 N–H and O–H groups in total. The van der Waals surface area contributed by atoms with Crippen LogP contribution in [0.2, 0.25) is 0 Å². The van der Waals surface area contributed by atoms with E-state index in [-0.39, 0.29) is 0 Å². The Morgan fingerprint density at radius 3 is 2.79 bits per heavy atom. The smallest absolute Gasteiger partial charge is 0.0725 e. The van der Waals surface area contributed by atoms with Crippen molar-refractivity contribution in [1.82, 2.24) is 5.32 Å². The van der Waals surface area contributed by atoms with Gasteiger partial charge >= 0.3 is 0 Å². The van der Waals surface area contributed by atoms with Gasteiger partial charge in [-0.15, -0.1) is 0 Å². The standard InChI is InChI=1S/C17H27NO/c1-4-9-18-13-17(2,3)8-7-14-5-6-15-11-19-12-16(15)10-14/h5-6,10,18H,4,7-9,11-13H2,1-3H3. The first-order chi connectivity index (χ1) is 9.11. The zero-order valence-corrected chi connectivity index (χ0v) is 12.6. The molecule has 0 saturated heterocycles. The van der Waals surface area contributed by atoms with Crippen molar-refractivity contribution in [3.8, 4) is 0 Å². The Morgan fingerprint density at radius 2 is 2.00 bits per heavy atom. The van der Waals surface area contributed by atoms with Gasteiger partial charge in [0.25, 0.3) is 0 Å². The first kappa shape index (κ1) is 14.5. The molecule has 1 aromatic carbocycles. The zero-order valence-electron chi connectivity index (χ0n) is 12.6. The second kappa shape index (κ2) is 6.53. The average molecular weight is 261 g/mol. The van der Waals surface area contributed by atoms with Gasteiger partial charge in [0.2, 0.25) is 0 Å². The van der Waals surface area contributed by atoms with E-state index in [4.69, 9.17) is 4.74 Å². The molecule has 1 aliphatic heterocycles. The monoisotopic (exact) mass is 261 g/mol. The van der Waals surface area contributed by atoms with Gasteiger partial charge in [-0.1, -0.05) is 39.0 Å². The second-order valence-electron chi connectivity index (χ2n) is 6.44. The maximum absolute atomic E-state index is 5.47. The number of ether oxygens (including phenoxy) is 1. The van der Waals surface area contributed by atoms with Crippen LogP contribution in [-0.2, 0) is 24.4 Å². The van der Waals surface area contributed by atoms with Crippen molar-refractivity contribution in [3.63, 3.8) is 0 Å². The summed E-state index contributed by atoms with van der Waals surface area (Å²) in [6, 6.07) is 6.83. The number of hydrogen-bond acceptors (Lipinski definition) is 2. The van der Waals surface area contributed by atoms with E-state index >= 15 is 0 Å². The molecule has 0 unspecified atom stereocenters. The van der Waals surface area contributed by atoms with Crippen LogP contribution >= 0.6 is 0 Å². The van der Waals surface area contributed by atoms with E-state index in [9.17, 15) is 0 Å². The molecule has 2 heteroatoms. The minimum atomic E-state index is 0.366. The van der Waals surface area contributed by atoms with Gasteiger partial charge in [-0.3, -0.25) is 0 Å². The maximum atomic E-state index is 5.47. The third kappa shape index (κ3) is 4.32. The summed E-state index contributed by atoms with van der Waals surface area (Å²) in [5.41, 5.74) is 4.57. The van der Waals surface area contributed by atoms with E-state index in [0.717, 1.165) is 32.7 Å². The lowest BCUT2D eigenvalue weighted by Gasteiger charge is -2.25. The van der Waals surface area contributed by atoms with Crippen LogP contribution in [0.4, 0.5) is 0 Å². The van der Waals surface area contributed by atoms with Crippen LogP contribution in [0, 0.1) is 5.41 Å². The summed E-state index contributed by atoms with van der Waals surface area (Å²) in [6.45, 7) is 10.7. The van der Waals surface area contributed by atoms with E-state index in [2.05, 4.69) is 44.3 Å². The van der Waals surface area contributed by atoms with Gasteiger partial charge in [0.15, 0.2) is 0 Å². The third-order valence-corrected chi connectivity index (χ3v) is 3.91. The number of hydrogen-bond donors (Lipinski definition) is 1. The average Bonchev–Trinajstić information content (AvgIpc) is 2.84. The van der Waals surface area contributed by atoms with Crippen molar-refractivity contribution >= 4 is 0 Å². The van der Waals surface area contributed by atoms with Crippen LogP contribution in [0.15, 0.2) is 18.2 Å². The minimum absolute atomic E-state index is 0.366. The SMILES string of the molecule is CCCNCC(C)(C)CCc1ccc2c(c1)COC2. The lowest BCUT2D eigenvalue weighted by Crippen LogP contribution is -2.30. The van der Waals surface area contributed by atoms with Gasteiger partial charge in [0, 0.05) is 6.54 Å². The van der Waals surface area contributed by atoms with Gasteiger partial charge in [-0.05, 0) is 47.9 Å². The van der Waals surface area contributed by atoms with Crippen LogP contribution < -0.4 is 5.32 Å². The molecule has 0 bridgehead atoms. The Balaban J connectivity index is 1.84. The topological polar surface area (TPSA) is 21.3 Å². The molecule has 0 saturated carbocycles. The fraction of sp³-hybridized carbons (Fsp3) is 0.647. The molecule has 2 nitrogen and oxygen atoms in total. The molecule has 1 heterocycles. The third-order valence-electron chi connectivity index (χ3n) is 3.91. The summed E-state index contributed by atoms with van der Waals surface area (Å²) < 4.78 is 5.47. The molecule has 1 aliphatic rings. The lowest BCUT2D eigenvalue weighted by atomic mass is 9.86. The first-order valence-corrected chi connectivity index (χ1v) is 7.50. The molecule has 2 rings (SSSR count). The molecule has 0 aromatic heterocycles. The Kier molecular flexibility index (Phi) is 5.00. The van der Waals surface area contributed by atoms with Crippen LogP contribution in [-0.4, -0.2) is 13.1 Å².